The highest BCUT2D eigenvalue weighted by Gasteiger charge is 2.08. The zero-order valence-electron chi connectivity index (χ0n) is 16.4. The molecule has 1 heterocycles. The lowest BCUT2D eigenvalue weighted by Gasteiger charge is -2.17. The molecule has 2 rings (SSSR count). The highest BCUT2D eigenvalue weighted by atomic mass is 127. The second kappa shape index (κ2) is 13.3. The monoisotopic (exact) mass is 486 g/mol. The topological polar surface area (TPSA) is 76.4 Å². The van der Waals surface area contributed by atoms with E-state index in [0.717, 1.165) is 50.0 Å². The zero-order valence-corrected chi connectivity index (χ0v) is 18.7. The van der Waals surface area contributed by atoms with Gasteiger partial charge in [-0.1, -0.05) is 32.0 Å². The Balaban J connectivity index is 0.00000364. The van der Waals surface area contributed by atoms with Gasteiger partial charge >= 0.3 is 0 Å². The molecule has 0 aliphatic carbocycles. The highest BCUT2D eigenvalue weighted by molar-refractivity contribution is 14.0. The number of halogens is 1. The first-order valence-electron chi connectivity index (χ1n) is 9.37. The molecule has 1 aromatic carbocycles. The number of guanidine groups is 1. The minimum Gasteiger partial charge on any atom is -0.489 e. The van der Waals surface area contributed by atoms with Crippen LogP contribution in [0.15, 0.2) is 41.7 Å². The predicted molar refractivity (Wildman–Crippen MR) is 120 cm³/mol. The van der Waals surface area contributed by atoms with Crippen molar-refractivity contribution in [3.05, 3.63) is 42.5 Å². The molecular weight excluding hydrogens is 455 g/mol. The van der Waals surface area contributed by atoms with Gasteiger partial charge in [-0.2, -0.15) is 0 Å². The van der Waals surface area contributed by atoms with Gasteiger partial charge in [-0.05, 0) is 25.5 Å². The normalized spacial score (nSPS) is 12.2. The summed E-state index contributed by atoms with van der Waals surface area (Å²) < 4.78 is 8.06. The molecule has 27 heavy (non-hydrogen) atoms. The summed E-state index contributed by atoms with van der Waals surface area (Å²) in [6.07, 6.45) is 3.60. The Morgan fingerprint density at radius 3 is 2.63 bits per heavy atom. The summed E-state index contributed by atoms with van der Waals surface area (Å²) in [4.78, 5) is 4.67. The van der Waals surface area contributed by atoms with Crippen molar-refractivity contribution in [2.75, 3.05) is 19.6 Å². The van der Waals surface area contributed by atoms with Crippen molar-refractivity contribution in [2.24, 2.45) is 4.99 Å². The van der Waals surface area contributed by atoms with Crippen molar-refractivity contribution in [3.8, 4) is 5.75 Å². The Kier molecular flexibility index (Phi) is 11.5. The highest BCUT2D eigenvalue weighted by Crippen LogP contribution is 2.12. The van der Waals surface area contributed by atoms with E-state index in [4.69, 9.17) is 4.74 Å². The Bertz CT molecular complexity index is 661. The van der Waals surface area contributed by atoms with E-state index in [-0.39, 0.29) is 30.1 Å². The standard InChI is InChI=1S/C19H30N6O.HI/c1-4-16(26-17-10-8-7-9-11-17)14-22-19(20-6-3)21-12-13-25-15-23-24-18(25)5-2;/h7-11,15-16H,4-6,12-14H2,1-3H3,(H2,20,21,22);1H. The minimum absolute atomic E-state index is 0. The van der Waals surface area contributed by atoms with E-state index in [0.29, 0.717) is 6.54 Å². The quantitative estimate of drug-likeness (QED) is 0.307. The van der Waals surface area contributed by atoms with Gasteiger partial charge in [0.2, 0.25) is 0 Å². The van der Waals surface area contributed by atoms with Crippen LogP contribution in [0.1, 0.15) is 33.0 Å². The molecule has 7 nitrogen and oxygen atoms in total. The third-order valence-electron chi connectivity index (χ3n) is 3.96. The van der Waals surface area contributed by atoms with Gasteiger partial charge in [-0.25, -0.2) is 4.99 Å². The number of hydrogen-bond acceptors (Lipinski definition) is 4. The van der Waals surface area contributed by atoms with Gasteiger partial charge in [0.05, 0.1) is 6.54 Å². The number of aryl methyl sites for hydroxylation is 1. The van der Waals surface area contributed by atoms with Gasteiger partial charge in [-0.3, -0.25) is 0 Å². The van der Waals surface area contributed by atoms with Crippen LogP contribution in [0.25, 0.3) is 0 Å². The van der Waals surface area contributed by atoms with Crippen LogP contribution in [-0.2, 0) is 13.0 Å². The Hall–Kier alpha value is -1.84. The van der Waals surface area contributed by atoms with Gasteiger partial charge in [0.15, 0.2) is 5.96 Å². The first kappa shape index (κ1) is 23.2. The average Bonchev–Trinajstić information content (AvgIpc) is 3.13. The van der Waals surface area contributed by atoms with Crippen molar-refractivity contribution in [2.45, 2.75) is 46.3 Å². The molecule has 0 spiro atoms. The molecule has 0 bridgehead atoms. The Morgan fingerprint density at radius 1 is 1.19 bits per heavy atom. The fourth-order valence-corrected chi connectivity index (χ4v) is 2.51. The number of nitrogens with zero attached hydrogens (tertiary/aromatic N) is 4. The maximum Gasteiger partial charge on any atom is 0.191 e. The Morgan fingerprint density at radius 2 is 1.96 bits per heavy atom. The van der Waals surface area contributed by atoms with Crippen LogP contribution in [0, 0.1) is 0 Å². The predicted octanol–water partition coefficient (Wildman–Crippen LogP) is 2.87. The Labute approximate surface area is 179 Å². The summed E-state index contributed by atoms with van der Waals surface area (Å²) in [6.45, 7) is 9.23. The molecule has 0 aliphatic heterocycles. The first-order valence-corrected chi connectivity index (χ1v) is 9.37. The first-order chi connectivity index (χ1) is 12.8. The number of hydrogen-bond donors (Lipinski definition) is 2. The second-order valence-electron chi connectivity index (χ2n) is 5.90. The third-order valence-corrected chi connectivity index (χ3v) is 3.96. The van der Waals surface area contributed by atoms with Gasteiger partial charge in [0.1, 0.15) is 24.0 Å². The summed E-state index contributed by atoms with van der Waals surface area (Å²) in [5.41, 5.74) is 0. The molecule has 8 heteroatoms. The molecule has 150 valence electrons. The van der Waals surface area contributed by atoms with Crippen molar-refractivity contribution >= 4 is 29.9 Å². The van der Waals surface area contributed by atoms with E-state index in [2.05, 4.69) is 51.2 Å². The fraction of sp³-hybridized carbons (Fsp3) is 0.526. The molecule has 0 aliphatic rings. The van der Waals surface area contributed by atoms with Gasteiger partial charge in [0.25, 0.3) is 0 Å². The summed E-state index contributed by atoms with van der Waals surface area (Å²) in [5.74, 6) is 2.68. The summed E-state index contributed by atoms with van der Waals surface area (Å²) in [7, 11) is 0. The maximum atomic E-state index is 6.00. The average molecular weight is 486 g/mol. The van der Waals surface area contributed by atoms with Gasteiger partial charge in [-0.15, -0.1) is 34.2 Å². The van der Waals surface area contributed by atoms with Crippen LogP contribution in [0.3, 0.4) is 0 Å². The number of aromatic nitrogens is 3. The lowest BCUT2D eigenvalue weighted by molar-refractivity contribution is 0.205. The van der Waals surface area contributed by atoms with Crippen molar-refractivity contribution < 1.29 is 4.74 Å². The van der Waals surface area contributed by atoms with Crippen LogP contribution in [0.2, 0.25) is 0 Å². The van der Waals surface area contributed by atoms with E-state index >= 15 is 0 Å². The molecule has 2 N–H and O–H groups in total. The molecule has 0 saturated carbocycles. The van der Waals surface area contributed by atoms with Crippen molar-refractivity contribution in [1.29, 1.82) is 0 Å². The van der Waals surface area contributed by atoms with Crippen molar-refractivity contribution in [1.82, 2.24) is 25.4 Å². The van der Waals surface area contributed by atoms with Crippen LogP contribution in [0.4, 0.5) is 0 Å². The molecule has 1 aromatic heterocycles. The molecule has 1 atom stereocenters. The lowest BCUT2D eigenvalue weighted by atomic mass is 10.2. The largest absolute Gasteiger partial charge is 0.489 e. The number of rotatable bonds is 10. The number of aliphatic imine (C=N–C) groups is 1. The second-order valence-corrected chi connectivity index (χ2v) is 5.90. The van der Waals surface area contributed by atoms with Gasteiger partial charge in [0, 0.05) is 26.1 Å². The number of ether oxygens (including phenoxy) is 1. The number of para-hydroxylation sites is 1. The van der Waals surface area contributed by atoms with E-state index in [1.165, 1.54) is 0 Å². The SMILES string of the molecule is CCNC(=NCC(CC)Oc1ccccc1)NCCn1cnnc1CC.I. The molecule has 2 aromatic rings. The van der Waals surface area contributed by atoms with Crippen molar-refractivity contribution in [3.63, 3.8) is 0 Å². The summed E-state index contributed by atoms with van der Waals surface area (Å²) in [5, 5.41) is 14.7. The molecule has 0 fully saturated rings. The molecular formula is C19H31IN6O. The van der Waals surface area contributed by atoms with E-state index < -0.39 is 0 Å². The number of nitrogens with one attached hydrogen (secondary N) is 2. The maximum absolute atomic E-state index is 6.00. The smallest absolute Gasteiger partial charge is 0.191 e. The number of benzene rings is 1. The zero-order chi connectivity index (χ0) is 18.6. The third kappa shape index (κ3) is 8.15. The summed E-state index contributed by atoms with van der Waals surface area (Å²) in [6, 6.07) is 9.89. The van der Waals surface area contributed by atoms with E-state index in [1.54, 1.807) is 6.33 Å². The molecule has 0 radical (unpaired) electrons. The minimum atomic E-state index is 0. The molecule has 1 unspecified atom stereocenters. The van der Waals surface area contributed by atoms with E-state index in [1.807, 2.05) is 30.3 Å². The molecule has 0 amide bonds. The van der Waals surface area contributed by atoms with Gasteiger partial charge < -0.3 is 19.9 Å². The van der Waals surface area contributed by atoms with E-state index in [9.17, 15) is 0 Å². The lowest BCUT2D eigenvalue weighted by Crippen LogP contribution is -2.39. The fourth-order valence-electron chi connectivity index (χ4n) is 2.51. The van der Waals surface area contributed by atoms with Crippen LogP contribution in [-0.4, -0.2) is 46.5 Å². The van der Waals surface area contributed by atoms with Crippen LogP contribution in [0.5, 0.6) is 5.75 Å². The summed E-state index contributed by atoms with van der Waals surface area (Å²) >= 11 is 0. The van der Waals surface area contributed by atoms with Crippen LogP contribution >= 0.6 is 24.0 Å². The molecule has 0 saturated heterocycles. The van der Waals surface area contributed by atoms with Crippen LogP contribution < -0.4 is 15.4 Å².